The Hall–Kier alpha value is -2.62. The van der Waals surface area contributed by atoms with Crippen molar-refractivity contribution in [2.45, 2.75) is 6.92 Å². The van der Waals surface area contributed by atoms with E-state index in [1.807, 2.05) is 0 Å². The summed E-state index contributed by atoms with van der Waals surface area (Å²) in [5, 5.41) is 10.5. The van der Waals surface area contributed by atoms with Gasteiger partial charge in [-0.2, -0.15) is 5.26 Å². The number of nitriles is 1. The van der Waals surface area contributed by atoms with Crippen LogP contribution >= 0.6 is 0 Å². The lowest BCUT2D eigenvalue weighted by Gasteiger charge is -2.06. The molecule has 0 aromatic carbocycles. The van der Waals surface area contributed by atoms with E-state index in [9.17, 15) is 9.59 Å². The number of amides is 1. The Morgan fingerprint density at radius 3 is 3.00 bits per heavy atom. The number of hydrogen-bond acceptors (Lipinski definition) is 6. The van der Waals surface area contributed by atoms with Gasteiger partial charge in [-0.1, -0.05) is 0 Å². The molecule has 0 radical (unpaired) electrons. The summed E-state index contributed by atoms with van der Waals surface area (Å²) < 4.78 is 4.77. The van der Waals surface area contributed by atoms with E-state index >= 15 is 0 Å². The van der Waals surface area contributed by atoms with Crippen LogP contribution in [0.1, 0.15) is 16.1 Å². The number of anilines is 1. The van der Waals surface area contributed by atoms with Crippen LogP contribution in [0, 0.1) is 18.3 Å². The molecular weight excluding hydrogens is 236 g/mol. The maximum absolute atomic E-state index is 11.6. The highest BCUT2D eigenvalue weighted by atomic mass is 16.5. The Kier molecular flexibility index (Phi) is 4.63. The van der Waals surface area contributed by atoms with Crippen LogP contribution in [0.5, 0.6) is 0 Å². The zero-order valence-electron chi connectivity index (χ0n) is 9.77. The molecular formula is C11H12N4O3. The van der Waals surface area contributed by atoms with Crippen LogP contribution < -0.4 is 11.1 Å². The summed E-state index contributed by atoms with van der Waals surface area (Å²) in [4.78, 5) is 26.6. The highest BCUT2D eigenvalue weighted by Gasteiger charge is 2.13. The van der Waals surface area contributed by atoms with E-state index in [1.165, 1.54) is 12.3 Å². The molecule has 0 saturated heterocycles. The van der Waals surface area contributed by atoms with E-state index in [-0.39, 0.29) is 12.1 Å². The highest BCUT2D eigenvalue weighted by molar-refractivity contribution is 5.93. The van der Waals surface area contributed by atoms with Gasteiger partial charge >= 0.3 is 5.97 Å². The van der Waals surface area contributed by atoms with Gasteiger partial charge < -0.3 is 15.8 Å². The van der Waals surface area contributed by atoms with Gasteiger partial charge in [0.25, 0.3) is 5.91 Å². The van der Waals surface area contributed by atoms with Gasteiger partial charge in [-0.15, -0.1) is 0 Å². The lowest BCUT2D eigenvalue weighted by molar-refractivity contribution is -0.123. The highest BCUT2D eigenvalue weighted by Crippen LogP contribution is 2.10. The molecule has 0 bridgehead atoms. The summed E-state index contributed by atoms with van der Waals surface area (Å²) in [5.74, 6) is -1.22. The maximum Gasteiger partial charge on any atom is 0.340 e. The molecule has 1 aromatic rings. The molecule has 1 heterocycles. The zero-order valence-corrected chi connectivity index (χ0v) is 9.77. The largest absolute Gasteiger partial charge is 0.452 e. The van der Waals surface area contributed by atoms with Gasteiger partial charge in [0.05, 0.1) is 29.2 Å². The van der Waals surface area contributed by atoms with Gasteiger partial charge in [-0.3, -0.25) is 9.78 Å². The Labute approximate surface area is 104 Å². The number of nitrogen functional groups attached to an aromatic ring is 1. The topological polar surface area (TPSA) is 118 Å². The first kappa shape index (κ1) is 13.4. The van der Waals surface area contributed by atoms with Crippen molar-refractivity contribution in [3.63, 3.8) is 0 Å². The second kappa shape index (κ2) is 6.20. The molecule has 0 spiro atoms. The van der Waals surface area contributed by atoms with Crippen LogP contribution in [0.15, 0.2) is 12.3 Å². The van der Waals surface area contributed by atoms with Crippen LogP contribution in [-0.2, 0) is 9.53 Å². The third kappa shape index (κ3) is 3.75. The van der Waals surface area contributed by atoms with Gasteiger partial charge in [0.1, 0.15) is 6.54 Å². The van der Waals surface area contributed by atoms with Crippen molar-refractivity contribution < 1.29 is 14.3 Å². The fraction of sp³-hybridized carbons (Fsp3) is 0.273. The van der Waals surface area contributed by atoms with E-state index in [4.69, 9.17) is 15.7 Å². The minimum atomic E-state index is -0.681. The van der Waals surface area contributed by atoms with Crippen molar-refractivity contribution in [3.8, 4) is 6.07 Å². The normalized spacial score (nSPS) is 9.33. The number of rotatable bonds is 4. The van der Waals surface area contributed by atoms with Crippen molar-refractivity contribution in [3.05, 3.63) is 23.5 Å². The average molecular weight is 248 g/mol. The van der Waals surface area contributed by atoms with Crippen LogP contribution in [0.2, 0.25) is 0 Å². The summed E-state index contributed by atoms with van der Waals surface area (Å²) in [6.45, 7) is 1.05. The molecule has 7 heteroatoms. The number of nitrogens with two attached hydrogens (primary N) is 1. The number of pyridine rings is 1. The van der Waals surface area contributed by atoms with Crippen molar-refractivity contribution in [2.24, 2.45) is 0 Å². The van der Waals surface area contributed by atoms with E-state index in [0.717, 1.165) is 0 Å². The molecule has 1 amide bonds. The Morgan fingerprint density at radius 1 is 1.61 bits per heavy atom. The zero-order chi connectivity index (χ0) is 13.5. The standard InChI is InChI=1S/C11H12N4O3/c1-7-9(4-8(13)5-15-7)11(17)18-6-10(16)14-3-2-12/h4-5H,3,6,13H2,1H3,(H,14,16). The molecule has 0 aliphatic rings. The minimum Gasteiger partial charge on any atom is -0.452 e. The first-order chi connectivity index (χ1) is 8.54. The Balaban J connectivity index is 2.58. The van der Waals surface area contributed by atoms with E-state index in [0.29, 0.717) is 11.4 Å². The first-order valence-corrected chi connectivity index (χ1v) is 5.07. The maximum atomic E-state index is 11.6. The number of hydrogen-bond donors (Lipinski definition) is 2. The van der Waals surface area contributed by atoms with Crippen LogP contribution in [0.25, 0.3) is 0 Å². The summed E-state index contributed by atoms with van der Waals surface area (Å²) in [7, 11) is 0. The van der Waals surface area contributed by atoms with Crippen molar-refractivity contribution in [2.75, 3.05) is 18.9 Å². The van der Waals surface area contributed by atoms with Gasteiger partial charge in [0.2, 0.25) is 0 Å². The number of carbonyl (C=O) groups is 2. The molecule has 1 rings (SSSR count). The van der Waals surface area contributed by atoms with Crippen LogP contribution in [0.4, 0.5) is 5.69 Å². The summed E-state index contributed by atoms with van der Waals surface area (Å²) >= 11 is 0. The molecule has 94 valence electrons. The monoisotopic (exact) mass is 248 g/mol. The van der Waals surface area contributed by atoms with Gasteiger partial charge in [0, 0.05) is 0 Å². The van der Waals surface area contributed by atoms with Crippen molar-refractivity contribution in [1.82, 2.24) is 10.3 Å². The fourth-order valence-electron chi connectivity index (χ4n) is 1.15. The second-order valence-corrected chi connectivity index (χ2v) is 3.41. The van der Waals surface area contributed by atoms with Gasteiger partial charge in [0.15, 0.2) is 6.61 Å². The van der Waals surface area contributed by atoms with Crippen molar-refractivity contribution >= 4 is 17.6 Å². The predicted molar refractivity (Wildman–Crippen MR) is 62.3 cm³/mol. The number of aryl methyl sites for hydroxylation is 1. The second-order valence-electron chi connectivity index (χ2n) is 3.41. The summed E-state index contributed by atoms with van der Waals surface area (Å²) in [6.07, 6.45) is 1.42. The predicted octanol–water partition coefficient (Wildman–Crippen LogP) is -0.231. The molecule has 0 saturated carbocycles. The van der Waals surface area contributed by atoms with Crippen LogP contribution in [-0.4, -0.2) is 30.0 Å². The first-order valence-electron chi connectivity index (χ1n) is 5.07. The number of nitrogens with one attached hydrogen (secondary N) is 1. The number of nitrogens with zero attached hydrogens (tertiary/aromatic N) is 2. The quantitative estimate of drug-likeness (QED) is 0.561. The molecule has 18 heavy (non-hydrogen) atoms. The Morgan fingerprint density at radius 2 is 2.33 bits per heavy atom. The molecule has 0 aliphatic heterocycles. The molecule has 3 N–H and O–H groups in total. The van der Waals surface area contributed by atoms with E-state index in [1.54, 1.807) is 13.0 Å². The fourth-order valence-corrected chi connectivity index (χ4v) is 1.15. The van der Waals surface area contributed by atoms with Crippen LogP contribution in [0.3, 0.4) is 0 Å². The third-order valence-corrected chi connectivity index (χ3v) is 2.03. The molecule has 0 aliphatic carbocycles. The number of carbonyl (C=O) groups excluding carboxylic acids is 2. The van der Waals surface area contributed by atoms with Crippen molar-refractivity contribution in [1.29, 1.82) is 5.26 Å². The molecule has 0 fully saturated rings. The van der Waals surface area contributed by atoms with E-state index < -0.39 is 18.5 Å². The lowest BCUT2D eigenvalue weighted by Crippen LogP contribution is -2.29. The van der Waals surface area contributed by atoms with Gasteiger partial charge in [-0.25, -0.2) is 4.79 Å². The van der Waals surface area contributed by atoms with Gasteiger partial charge in [-0.05, 0) is 13.0 Å². The molecule has 1 aromatic heterocycles. The summed E-state index contributed by atoms with van der Waals surface area (Å²) in [6, 6.07) is 3.16. The van der Waals surface area contributed by atoms with E-state index in [2.05, 4.69) is 10.3 Å². The Bertz CT molecular complexity index is 508. The lowest BCUT2D eigenvalue weighted by atomic mass is 10.2. The minimum absolute atomic E-state index is 0.130. The smallest absolute Gasteiger partial charge is 0.340 e. The molecule has 0 atom stereocenters. The molecule has 0 unspecified atom stereocenters. The number of esters is 1. The number of ether oxygens (including phenoxy) is 1. The third-order valence-electron chi connectivity index (χ3n) is 2.03. The summed E-state index contributed by atoms with van der Waals surface area (Å²) in [5.41, 5.74) is 6.51. The average Bonchev–Trinajstić information content (AvgIpc) is 2.36. The SMILES string of the molecule is Cc1ncc(N)cc1C(=O)OCC(=O)NCC#N. The number of aromatic nitrogens is 1. The molecule has 7 nitrogen and oxygen atoms in total.